The quantitative estimate of drug-likeness (QED) is 0.184. The second-order valence-electron chi connectivity index (χ2n) is 11.0. The van der Waals surface area contributed by atoms with Gasteiger partial charge >= 0.3 is 36.9 Å². The first-order chi connectivity index (χ1) is 16.7. The zero-order chi connectivity index (χ0) is 28.8. The fraction of sp³-hybridized carbons (Fsp3) is 0.900. The first kappa shape index (κ1) is 43.7. The van der Waals surface area contributed by atoms with Gasteiger partial charge in [0.25, 0.3) is 0 Å². The predicted molar refractivity (Wildman–Crippen MR) is 143 cm³/mol. The van der Waals surface area contributed by atoms with Gasteiger partial charge in [-0.25, -0.2) is 0 Å². The van der Waals surface area contributed by atoms with Crippen LogP contribution >= 0.6 is 0 Å². The fourth-order valence-electron chi connectivity index (χ4n) is 3.57. The van der Waals surface area contributed by atoms with Gasteiger partial charge < -0.3 is 29.7 Å². The fourth-order valence-corrected chi connectivity index (χ4v) is 3.57. The van der Waals surface area contributed by atoms with E-state index >= 15 is 0 Å². The summed E-state index contributed by atoms with van der Waals surface area (Å²) >= 11 is 0. The predicted octanol–water partition coefficient (Wildman–Crippen LogP) is 5.20. The van der Waals surface area contributed by atoms with E-state index in [1.165, 1.54) is 0 Å². The van der Waals surface area contributed by atoms with Crippen LogP contribution < -0.4 is 15.3 Å². The van der Waals surface area contributed by atoms with Crippen LogP contribution in [0.4, 0.5) is 0 Å². The van der Waals surface area contributed by atoms with E-state index in [9.17, 15) is 29.7 Å². The van der Waals surface area contributed by atoms with E-state index in [-0.39, 0.29) is 36.9 Å². The van der Waals surface area contributed by atoms with Crippen molar-refractivity contribution in [2.45, 2.75) is 159 Å². The number of rotatable bonds is 18. The van der Waals surface area contributed by atoms with E-state index in [4.69, 9.17) is 0 Å². The maximum atomic E-state index is 10.7. The second-order valence-corrected chi connectivity index (χ2v) is 11.0. The van der Waals surface area contributed by atoms with E-state index in [0.29, 0.717) is 19.3 Å². The van der Waals surface area contributed by atoms with Gasteiger partial charge in [0.15, 0.2) is 0 Å². The summed E-state index contributed by atoms with van der Waals surface area (Å²) in [5.74, 6) is -2.71. The summed E-state index contributed by atoms with van der Waals surface area (Å²) in [5.41, 5.74) is -1.81. The number of carbonyl (C=O) groups is 3. The van der Waals surface area contributed by atoms with Crippen LogP contribution in [0, 0.1) is 53.1 Å². The van der Waals surface area contributed by atoms with Crippen molar-refractivity contribution in [2.75, 3.05) is 0 Å². The Morgan fingerprint density at radius 3 is 0.757 bits per heavy atom. The molecular weight excluding hydrogens is 625 g/mol. The maximum absolute atomic E-state index is 10.7. The van der Waals surface area contributed by atoms with E-state index < -0.39 is 34.2 Å². The van der Waals surface area contributed by atoms with Crippen molar-refractivity contribution in [3.8, 4) is 0 Å². The number of aliphatic carboxylic acids is 3. The minimum absolute atomic E-state index is 0. The summed E-state index contributed by atoms with van der Waals surface area (Å²) in [6.07, 6.45) is 14.0. The molecule has 0 N–H and O–H groups in total. The molecular formula is C30H57O6Tm. The Balaban J connectivity index is -0.000000218. The molecule has 0 radical (unpaired) electrons. The molecule has 0 amide bonds. The molecule has 0 saturated heterocycles. The zero-order valence-corrected chi connectivity index (χ0v) is 27.1. The molecule has 0 aliphatic rings. The number of carboxylic acid groups (broad SMARTS) is 3. The molecule has 0 spiro atoms. The van der Waals surface area contributed by atoms with Crippen molar-refractivity contribution in [3.05, 3.63) is 0 Å². The Kier molecular flexibility index (Phi) is 29.1. The number of carboxylic acids is 3. The van der Waals surface area contributed by atoms with Crippen LogP contribution in [0.3, 0.4) is 0 Å². The molecule has 0 rings (SSSR count). The van der Waals surface area contributed by atoms with Crippen molar-refractivity contribution in [1.82, 2.24) is 0 Å². The average Bonchev–Trinajstić information content (AvgIpc) is 2.84. The molecule has 3 unspecified atom stereocenters. The van der Waals surface area contributed by atoms with Crippen LogP contribution in [0.25, 0.3) is 0 Å². The van der Waals surface area contributed by atoms with Crippen LogP contribution in [0.15, 0.2) is 0 Å². The molecule has 0 aromatic rings. The Bertz CT molecular complexity index is 516. The number of hydrogen-bond donors (Lipinski definition) is 0. The van der Waals surface area contributed by atoms with Crippen molar-refractivity contribution < 1.29 is 66.6 Å². The molecule has 0 aliphatic carbocycles. The van der Waals surface area contributed by atoms with Gasteiger partial charge in [0.05, 0.1) is 0 Å². The number of carbonyl (C=O) groups excluding carboxylic acids is 3. The van der Waals surface area contributed by atoms with Gasteiger partial charge in [0.2, 0.25) is 0 Å². The smallest absolute Gasteiger partial charge is 0.550 e. The Labute approximate surface area is 258 Å². The van der Waals surface area contributed by atoms with E-state index in [0.717, 1.165) is 77.0 Å². The van der Waals surface area contributed by atoms with Crippen LogP contribution in [-0.2, 0) is 14.4 Å². The van der Waals surface area contributed by atoms with Crippen LogP contribution in [0.5, 0.6) is 0 Å². The van der Waals surface area contributed by atoms with Gasteiger partial charge in [-0.15, -0.1) is 0 Å². The molecule has 37 heavy (non-hydrogen) atoms. The van der Waals surface area contributed by atoms with E-state index in [1.54, 1.807) is 20.8 Å². The van der Waals surface area contributed by atoms with Gasteiger partial charge in [-0.1, -0.05) is 120 Å². The molecule has 0 aromatic heterocycles. The summed E-state index contributed by atoms with van der Waals surface area (Å²) in [4.78, 5) is 32.2. The second kappa shape index (κ2) is 24.7. The monoisotopic (exact) mass is 682 g/mol. The summed E-state index contributed by atoms with van der Waals surface area (Å²) in [6, 6.07) is 0. The molecule has 0 saturated carbocycles. The van der Waals surface area contributed by atoms with Crippen molar-refractivity contribution >= 4 is 17.9 Å². The average molecular weight is 683 g/mol. The molecule has 0 fully saturated rings. The van der Waals surface area contributed by atoms with Crippen LogP contribution in [0.2, 0.25) is 0 Å². The Morgan fingerprint density at radius 1 is 0.459 bits per heavy atom. The normalized spacial score (nSPS) is 15.2. The summed E-state index contributed by atoms with van der Waals surface area (Å²) in [7, 11) is 0. The molecule has 226 valence electrons. The van der Waals surface area contributed by atoms with Gasteiger partial charge in [-0.3, -0.25) is 0 Å². The zero-order valence-electron chi connectivity index (χ0n) is 25.3. The third kappa shape index (κ3) is 20.2. The van der Waals surface area contributed by atoms with Crippen LogP contribution in [-0.4, -0.2) is 17.9 Å². The largest absolute Gasteiger partial charge is 3.00 e. The summed E-state index contributed by atoms with van der Waals surface area (Å²) in [5, 5.41) is 32.2. The van der Waals surface area contributed by atoms with Crippen molar-refractivity contribution in [1.29, 1.82) is 0 Å². The molecule has 0 aromatic carbocycles. The third-order valence-corrected chi connectivity index (χ3v) is 7.82. The molecule has 0 heterocycles. The maximum Gasteiger partial charge on any atom is 3.00 e. The minimum Gasteiger partial charge on any atom is -0.550 e. The molecule has 7 heteroatoms. The standard InChI is InChI=1S/3C10H20O2.Tm/c3*1-4-6-7-8-10(3,5-2)9(11)12;/h3*4-8H2,1-3H3,(H,11,12);/q;;;+3/p-3. The van der Waals surface area contributed by atoms with Gasteiger partial charge in [-0.05, 0) is 38.5 Å². The van der Waals surface area contributed by atoms with E-state index in [2.05, 4.69) is 20.8 Å². The topological polar surface area (TPSA) is 120 Å². The first-order valence-corrected chi connectivity index (χ1v) is 14.3. The molecule has 3 atom stereocenters. The van der Waals surface area contributed by atoms with Crippen molar-refractivity contribution in [2.24, 2.45) is 16.2 Å². The summed E-state index contributed by atoms with van der Waals surface area (Å²) in [6.45, 7) is 17.4. The number of hydrogen-bond acceptors (Lipinski definition) is 6. The molecule has 6 nitrogen and oxygen atoms in total. The summed E-state index contributed by atoms with van der Waals surface area (Å²) < 4.78 is 0. The molecule has 0 aliphatic heterocycles. The SMILES string of the molecule is CCCCCC(C)(CC)C(=O)[O-].CCCCCC(C)(CC)C(=O)[O-].CCCCCC(C)(CC)C(=O)[O-].[Tm+3]. The van der Waals surface area contributed by atoms with Gasteiger partial charge in [-0.2, -0.15) is 0 Å². The molecule has 0 bridgehead atoms. The first-order valence-electron chi connectivity index (χ1n) is 14.3. The van der Waals surface area contributed by atoms with Crippen LogP contribution in [0.1, 0.15) is 159 Å². The Hall–Kier alpha value is -0.356. The third-order valence-electron chi connectivity index (χ3n) is 7.82. The van der Waals surface area contributed by atoms with Gasteiger partial charge in [0.1, 0.15) is 0 Å². The minimum atomic E-state index is -0.902. The van der Waals surface area contributed by atoms with Gasteiger partial charge in [0, 0.05) is 34.2 Å². The van der Waals surface area contributed by atoms with E-state index in [1.807, 2.05) is 20.8 Å². The van der Waals surface area contributed by atoms with Crippen molar-refractivity contribution in [3.63, 3.8) is 0 Å². The Morgan fingerprint density at radius 2 is 0.649 bits per heavy atom. The number of unbranched alkanes of at least 4 members (excludes halogenated alkanes) is 6.